The van der Waals surface area contributed by atoms with Crippen LogP contribution in [0.5, 0.6) is 11.5 Å². The normalized spacial score (nSPS) is 16.4. The molecule has 2 N–H and O–H groups in total. The van der Waals surface area contributed by atoms with Crippen molar-refractivity contribution in [2.75, 3.05) is 20.8 Å². The number of hydrogen-bond acceptors (Lipinski definition) is 5. The summed E-state index contributed by atoms with van der Waals surface area (Å²) in [6.45, 7) is 2.48. The Kier molecular flexibility index (Phi) is 7.22. The van der Waals surface area contributed by atoms with Crippen LogP contribution in [0.1, 0.15) is 30.9 Å². The molecule has 1 aliphatic heterocycles. The van der Waals surface area contributed by atoms with Gasteiger partial charge in [-0.05, 0) is 43.9 Å². The van der Waals surface area contributed by atoms with Crippen molar-refractivity contribution in [3.63, 3.8) is 0 Å². The first-order valence-corrected chi connectivity index (χ1v) is 8.68. The number of benzene rings is 1. The average molecular weight is 375 g/mol. The minimum Gasteiger partial charge on any atom is -0.493 e. The number of aryl methyl sites for hydroxylation is 1. The largest absolute Gasteiger partial charge is 0.493 e. The highest BCUT2D eigenvalue weighted by atomic mass is 16.5. The van der Waals surface area contributed by atoms with Gasteiger partial charge in [-0.15, -0.1) is 0 Å². The van der Waals surface area contributed by atoms with Gasteiger partial charge in [0.2, 0.25) is 5.91 Å². The van der Waals surface area contributed by atoms with Crippen molar-refractivity contribution in [1.82, 2.24) is 14.9 Å². The molecule has 1 aromatic carbocycles. The summed E-state index contributed by atoms with van der Waals surface area (Å²) in [5.74, 6) is 2.05. The number of nitrogens with one attached hydrogen (secondary N) is 1. The number of aromatic nitrogens is 2. The van der Waals surface area contributed by atoms with Gasteiger partial charge in [0.25, 0.3) is 6.47 Å². The summed E-state index contributed by atoms with van der Waals surface area (Å²) >= 11 is 0. The van der Waals surface area contributed by atoms with Gasteiger partial charge in [0.15, 0.2) is 11.5 Å². The molecule has 1 unspecified atom stereocenters. The summed E-state index contributed by atoms with van der Waals surface area (Å²) in [5.41, 5.74) is 1.87. The van der Waals surface area contributed by atoms with Gasteiger partial charge in [-0.1, -0.05) is 0 Å². The molecule has 8 heteroatoms. The van der Waals surface area contributed by atoms with E-state index in [2.05, 4.69) is 10.3 Å². The number of nitrogens with zero attached hydrogens (tertiary/aromatic N) is 2. The van der Waals surface area contributed by atoms with Crippen LogP contribution in [0.25, 0.3) is 11.4 Å². The zero-order chi connectivity index (χ0) is 19.8. The number of carboxylic acid groups (broad SMARTS) is 1. The summed E-state index contributed by atoms with van der Waals surface area (Å²) in [6.07, 6.45) is 6.41. The lowest BCUT2D eigenvalue weighted by molar-refractivity contribution is -0.124. The fraction of sp³-hybridized carbons (Fsp3) is 0.421. The number of ether oxygens (including phenoxy) is 2. The van der Waals surface area contributed by atoms with Crippen LogP contribution < -0.4 is 14.8 Å². The number of carbonyl (C=O) groups excluding carboxylic acids is 1. The van der Waals surface area contributed by atoms with Gasteiger partial charge in [-0.2, -0.15) is 0 Å². The van der Waals surface area contributed by atoms with Crippen LogP contribution in [0, 0.1) is 6.92 Å². The van der Waals surface area contributed by atoms with Crippen LogP contribution in [-0.2, 0) is 9.59 Å². The first-order valence-electron chi connectivity index (χ1n) is 8.68. The second-order valence-corrected chi connectivity index (χ2v) is 6.11. The third-order valence-electron chi connectivity index (χ3n) is 4.37. The molecule has 27 heavy (non-hydrogen) atoms. The summed E-state index contributed by atoms with van der Waals surface area (Å²) in [5, 5.41) is 9.87. The molecule has 0 radical (unpaired) electrons. The zero-order valence-corrected chi connectivity index (χ0v) is 15.8. The number of carbonyl (C=O) groups is 2. The van der Waals surface area contributed by atoms with E-state index in [9.17, 15) is 4.79 Å². The van der Waals surface area contributed by atoms with Crippen molar-refractivity contribution in [2.45, 2.75) is 32.2 Å². The molecular weight excluding hydrogens is 350 g/mol. The van der Waals surface area contributed by atoms with Gasteiger partial charge in [0, 0.05) is 18.9 Å². The Morgan fingerprint density at radius 2 is 2.04 bits per heavy atom. The first-order chi connectivity index (χ1) is 13.1. The molecule has 3 rings (SSSR count). The molecule has 0 bridgehead atoms. The van der Waals surface area contributed by atoms with Gasteiger partial charge >= 0.3 is 0 Å². The number of amides is 1. The van der Waals surface area contributed by atoms with Crippen LogP contribution >= 0.6 is 0 Å². The van der Waals surface area contributed by atoms with E-state index in [1.807, 2.05) is 29.8 Å². The Morgan fingerprint density at radius 1 is 1.30 bits per heavy atom. The topological polar surface area (TPSA) is 103 Å². The lowest BCUT2D eigenvalue weighted by atomic mass is 10.1. The van der Waals surface area contributed by atoms with Crippen LogP contribution in [0.4, 0.5) is 0 Å². The highest BCUT2D eigenvalue weighted by Crippen LogP contribution is 2.39. The Morgan fingerprint density at radius 3 is 2.70 bits per heavy atom. The third-order valence-corrected chi connectivity index (χ3v) is 4.37. The lowest BCUT2D eigenvalue weighted by Crippen LogP contribution is -2.30. The maximum absolute atomic E-state index is 12.4. The molecule has 146 valence electrons. The summed E-state index contributed by atoms with van der Waals surface area (Å²) < 4.78 is 12.9. The van der Waals surface area contributed by atoms with E-state index in [0.717, 1.165) is 42.8 Å². The van der Waals surface area contributed by atoms with Gasteiger partial charge in [-0.25, -0.2) is 4.98 Å². The molecule has 0 aliphatic carbocycles. The minimum atomic E-state index is -0.250. The fourth-order valence-corrected chi connectivity index (χ4v) is 3.23. The molecule has 1 saturated heterocycles. The second kappa shape index (κ2) is 9.61. The SMILES string of the molecule is COc1cc(C)cc(-c2nccn2C2CCCCNC2=O)c1OC.O=CO. The first kappa shape index (κ1) is 20.3. The standard InChI is InChI=1S/C18H23N3O3.CH2O2/c1-12-10-13(16(24-3)15(11-12)23-2)17-19-8-9-21(17)14-6-4-5-7-20-18(14)22;2-1-3/h8-11,14H,4-7H2,1-3H3,(H,20,22);1H,(H,2,3). The molecule has 1 aliphatic rings. The van der Waals surface area contributed by atoms with Crippen molar-refractivity contribution < 1.29 is 24.2 Å². The van der Waals surface area contributed by atoms with E-state index in [1.165, 1.54) is 0 Å². The Balaban J connectivity index is 0.000000817. The highest BCUT2D eigenvalue weighted by Gasteiger charge is 2.26. The van der Waals surface area contributed by atoms with E-state index in [-0.39, 0.29) is 18.4 Å². The van der Waals surface area contributed by atoms with Crippen LogP contribution in [0.3, 0.4) is 0 Å². The van der Waals surface area contributed by atoms with E-state index in [4.69, 9.17) is 19.4 Å². The predicted molar refractivity (Wildman–Crippen MR) is 100 cm³/mol. The highest BCUT2D eigenvalue weighted by molar-refractivity contribution is 5.82. The van der Waals surface area contributed by atoms with Crippen molar-refractivity contribution >= 4 is 12.4 Å². The van der Waals surface area contributed by atoms with Gasteiger partial charge in [-0.3, -0.25) is 9.59 Å². The van der Waals surface area contributed by atoms with Crippen molar-refractivity contribution in [1.29, 1.82) is 0 Å². The minimum absolute atomic E-state index is 0.0466. The number of methoxy groups -OCH3 is 2. The van der Waals surface area contributed by atoms with E-state index >= 15 is 0 Å². The van der Waals surface area contributed by atoms with Gasteiger partial charge in [0.1, 0.15) is 11.9 Å². The smallest absolute Gasteiger partial charge is 0.290 e. The van der Waals surface area contributed by atoms with Crippen LogP contribution in [0.15, 0.2) is 24.5 Å². The van der Waals surface area contributed by atoms with Gasteiger partial charge < -0.3 is 24.5 Å². The third kappa shape index (κ3) is 4.58. The Labute approximate surface area is 158 Å². The maximum Gasteiger partial charge on any atom is 0.290 e. The molecule has 1 atom stereocenters. The van der Waals surface area contributed by atoms with Crippen molar-refractivity contribution in [3.8, 4) is 22.9 Å². The quantitative estimate of drug-likeness (QED) is 0.796. The van der Waals surface area contributed by atoms with E-state index < -0.39 is 0 Å². The predicted octanol–water partition coefficient (Wildman–Crippen LogP) is 2.42. The number of rotatable bonds is 4. The molecule has 1 aromatic heterocycles. The molecular formula is C19H25N3O5. The lowest BCUT2D eigenvalue weighted by Gasteiger charge is -2.20. The molecule has 1 amide bonds. The Bertz CT molecular complexity index is 788. The average Bonchev–Trinajstić information content (AvgIpc) is 3.03. The maximum atomic E-state index is 12.4. The number of hydrogen-bond donors (Lipinski definition) is 2. The summed E-state index contributed by atoms with van der Waals surface area (Å²) in [4.78, 5) is 25.3. The van der Waals surface area contributed by atoms with Crippen LogP contribution in [-0.4, -0.2) is 47.8 Å². The van der Waals surface area contributed by atoms with E-state index in [1.54, 1.807) is 20.4 Å². The second-order valence-electron chi connectivity index (χ2n) is 6.11. The molecule has 2 aromatic rings. The molecule has 0 spiro atoms. The number of imidazole rings is 1. The van der Waals surface area contributed by atoms with Crippen molar-refractivity contribution in [2.24, 2.45) is 0 Å². The summed E-state index contributed by atoms with van der Waals surface area (Å²) in [6, 6.07) is 3.68. The summed E-state index contributed by atoms with van der Waals surface area (Å²) in [7, 11) is 3.23. The molecule has 0 saturated carbocycles. The Hall–Kier alpha value is -3.03. The van der Waals surface area contributed by atoms with Crippen LogP contribution in [0.2, 0.25) is 0 Å². The molecule has 2 heterocycles. The molecule has 1 fully saturated rings. The zero-order valence-electron chi connectivity index (χ0n) is 15.8. The van der Waals surface area contributed by atoms with Gasteiger partial charge in [0.05, 0.1) is 19.8 Å². The fourth-order valence-electron chi connectivity index (χ4n) is 3.23. The monoisotopic (exact) mass is 375 g/mol. The molecule has 8 nitrogen and oxygen atoms in total. The van der Waals surface area contributed by atoms with E-state index in [0.29, 0.717) is 11.5 Å². The van der Waals surface area contributed by atoms with Crippen molar-refractivity contribution in [3.05, 3.63) is 30.1 Å².